The zero-order valence-corrected chi connectivity index (χ0v) is 7.50. The Morgan fingerprint density at radius 3 is 3.00 bits per heavy atom. The van der Waals surface area contributed by atoms with E-state index in [0.29, 0.717) is 5.69 Å². The van der Waals surface area contributed by atoms with Crippen molar-refractivity contribution >= 4 is 16.7 Å². The highest BCUT2D eigenvalue weighted by atomic mass is 16.3. The highest BCUT2D eigenvalue weighted by molar-refractivity contribution is 5.88. The first-order chi connectivity index (χ1) is 6.31. The highest BCUT2D eigenvalue weighted by Crippen LogP contribution is 2.24. The highest BCUT2D eigenvalue weighted by Gasteiger charge is 2.04. The molecule has 0 saturated carbocycles. The number of fused-ring (bicyclic) bond motifs is 1. The van der Waals surface area contributed by atoms with E-state index in [0.717, 1.165) is 23.3 Å². The normalized spacial score (nSPS) is 10.8. The van der Waals surface area contributed by atoms with Crippen molar-refractivity contribution in [2.45, 2.75) is 6.54 Å². The summed E-state index contributed by atoms with van der Waals surface area (Å²) >= 11 is 0. The number of benzene rings is 1. The largest absolute Gasteiger partial charge is 0.458 e. The van der Waals surface area contributed by atoms with Crippen LogP contribution in [-0.4, -0.2) is 7.05 Å². The number of para-hydroxylation sites is 1. The van der Waals surface area contributed by atoms with Gasteiger partial charge in [-0.15, -0.1) is 0 Å². The van der Waals surface area contributed by atoms with E-state index in [9.17, 15) is 0 Å². The number of furan rings is 1. The molecule has 3 N–H and O–H groups in total. The SMILES string of the molecule is CNCc1cc2cccc(N)c2o1. The summed E-state index contributed by atoms with van der Waals surface area (Å²) in [4.78, 5) is 0. The minimum Gasteiger partial charge on any atom is -0.458 e. The molecule has 0 aliphatic heterocycles. The number of hydrogen-bond acceptors (Lipinski definition) is 3. The van der Waals surface area contributed by atoms with Gasteiger partial charge >= 0.3 is 0 Å². The molecule has 2 aromatic rings. The first-order valence-electron chi connectivity index (χ1n) is 4.23. The lowest BCUT2D eigenvalue weighted by Crippen LogP contribution is -2.03. The minimum absolute atomic E-state index is 0.694. The van der Waals surface area contributed by atoms with Crippen LogP contribution in [0.4, 0.5) is 5.69 Å². The zero-order valence-electron chi connectivity index (χ0n) is 7.50. The smallest absolute Gasteiger partial charge is 0.157 e. The Kier molecular flexibility index (Phi) is 1.94. The van der Waals surface area contributed by atoms with Crippen molar-refractivity contribution in [2.75, 3.05) is 12.8 Å². The third-order valence-electron chi connectivity index (χ3n) is 1.98. The fraction of sp³-hybridized carbons (Fsp3) is 0.200. The molecule has 68 valence electrons. The van der Waals surface area contributed by atoms with Crippen molar-refractivity contribution < 1.29 is 4.42 Å². The quantitative estimate of drug-likeness (QED) is 0.685. The molecule has 1 aromatic heterocycles. The Morgan fingerprint density at radius 2 is 2.31 bits per heavy atom. The van der Waals surface area contributed by atoms with E-state index in [1.54, 1.807) is 0 Å². The summed E-state index contributed by atoms with van der Waals surface area (Å²) in [5, 5.41) is 4.09. The van der Waals surface area contributed by atoms with Gasteiger partial charge in [-0.2, -0.15) is 0 Å². The van der Waals surface area contributed by atoms with E-state index in [1.807, 2.05) is 31.3 Å². The van der Waals surface area contributed by atoms with Crippen LogP contribution >= 0.6 is 0 Å². The molecule has 0 spiro atoms. The number of hydrogen-bond donors (Lipinski definition) is 2. The third kappa shape index (κ3) is 1.38. The predicted octanol–water partition coefficient (Wildman–Crippen LogP) is 1.73. The predicted molar refractivity (Wildman–Crippen MR) is 53.4 cm³/mol. The second-order valence-electron chi connectivity index (χ2n) is 3.01. The molecule has 1 aromatic carbocycles. The summed E-state index contributed by atoms with van der Waals surface area (Å²) in [5.41, 5.74) is 7.23. The van der Waals surface area contributed by atoms with Gasteiger partial charge in [0.15, 0.2) is 5.58 Å². The van der Waals surface area contributed by atoms with Crippen LogP contribution in [0.15, 0.2) is 28.7 Å². The van der Waals surface area contributed by atoms with Crippen molar-refractivity contribution in [1.29, 1.82) is 0 Å². The maximum atomic E-state index is 5.75. The Balaban J connectivity index is 2.55. The lowest BCUT2D eigenvalue weighted by atomic mass is 10.2. The lowest BCUT2D eigenvalue weighted by molar-refractivity contribution is 0.531. The number of nitrogens with one attached hydrogen (secondary N) is 1. The van der Waals surface area contributed by atoms with Crippen LogP contribution in [0.2, 0.25) is 0 Å². The molecule has 13 heavy (non-hydrogen) atoms. The monoisotopic (exact) mass is 176 g/mol. The Labute approximate surface area is 76.5 Å². The van der Waals surface area contributed by atoms with E-state index in [2.05, 4.69) is 5.32 Å². The van der Waals surface area contributed by atoms with Gasteiger partial charge in [-0.3, -0.25) is 0 Å². The van der Waals surface area contributed by atoms with Gasteiger partial charge in [-0.05, 0) is 19.2 Å². The van der Waals surface area contributed by atoms with Crippen LogP contribution in [0.3, 0.4) is 0 Å². The van der Waals surface area contributed by atoms with Crippen molar-refractivity contribution in [3.63, 3.8) is 0 Å². The van der Waals surface area contributed by atoms with Crippen molar-refractivity contribution in [1.82, 2.24) is 5.32 Å². The van der Waals surface area contributed by atoms with E-state index in [4.69, 9.17) is 10.2 Å². The first kappa shape index (κ1) is 8.13. The van der Waals surface area contributed by atoms with Gasteiger partial charge in [0, 0.05) is 5.39 Å². The molecule has 0 atom stereocenters. The fourth-order valence-corrected chi connectivity index (χ4v) is 1.40. The van der Waals surface area contributed by atoms with Gasteiger partial charge < -0.3 is 15.5 Å². The number of nitrogens with two attached hydrogens (primary N) is 1. The van der Waals surface area contributed by atoms with Crippen LogP contribution < -0.4 is 11.1 Å². The average molecular weight is 176 g/mol. The van der Waals surface area contributed by atoms with Crippen molar-refractivity contribution in [2.24, 2.45) is 0 Å². The molecule has 1 heterocycles. The van der Waals surface area contributed by atoms with Crippen molar-refractivity contribution in [3.8, 4) is 0 Å². The second kappa shape index (κ2) is 3.11. The Bertz CT molecular complexity index is 420. The van der Waals surface area contributed by atoms with E-state index >= 15 is 0 Å². The minimum atomic E-state index is 0.694. The summed E-state index contributed by atoms with van der Waals surface area (Å²) in [6.07, 6.45) is 0. The Hall–Kier alpha value is -1.48. The second-order valence-corrected chi connectivity index (χ2v) is 3.01. The van der Waals surface area contributed by atoms with Crippen molar-refractivity contribution in [3.05, 3.63) is 30.0 Å². The molecule has 2 rings (SSSR count). The number of rotatable bonds is 2. The lowest BCUT2D eigenvalue weighted by Gasteiger charge is -1.93. The summed E-state index contributed by atoms with van der Waals surface area (Å²) in [6, 6.07) is 7.77. The van der Waals surface area contributed by atoms with E-state index in [1.165, 1.54) is 0 Å². The molecule has 0 saturated heterocycles. The Morgan fingerprint density at radius 1 is 1.46 bits per heavy atom. The molecule has 0 amide bonds. The summed E-state index contributed by atoms with van der Waals surface area (Å²) in [7, 11) is 1.89. The number of anilines is 1. The molecular formula is C10H12N2O. The average Bonchev–Trinajstić information content (AvgIpc) is 2.49. The van der Waals surface area contributed by atoms with Crippen LogP contribution in [0.1, 0.15) is 5.76 Å². The third-order valence-corrected chi connectivity index (χ3v) is 1.98. The van der Waals surface area contributed by atoms with Gasteiger partial charge in [-0.1, -0.05) is 12.1 Å². The molecular weight excluding hydrogens is 164 g/mol. The summed E-state index contributed by atoms with van der Waals surface area (Å²) in [5.74, 6) is 0.912. The molecule has 3 nitrogen and oxygen atoms in total. The standard InChI is InChI=1S/C10H12N2O/c1-12-6-8-5-7-3-2-4-9(11)10(7)13-8/h2-5,12H,6,11H2,1H3. The maximum absolute atomic E-state index is 5.75. The van der Waals surface area contributed by atoms with Gasteiger partial charge in [0.05, 0.1) is 12.2 Å². The molecule has 0 radical (unpaired) electrons. The molecule has 0 unspecified atom stereocenters. The summed E-state index contributed by atoms with van der Waals surface area (Å²) < 4.78 is 5.55. The zero-order chi connectivity index (χ0) is 9.26. The molecule has 0 aliphatic carbocycles. The van der Waals surface area contributed by atoms with Gasteiger partial charge in [0.2, 0.25) is 0 Å². The van der Waals surface area contributed by atoms with E-state index < -0.39 is 0 Å². The molecule has 3 heteroatoms. The van der Waals surface area contributed by atoms with Crippen LogP contribution in [-0.2, 0) is 6.54 Å². The molecule has 0 aliphatic rings. The first-order valence-corrected chi connectivity index (χ1v) is 4.23. The summed E-state index contributed by atoms with van der Waals surface area (Å²) in [6.45, 7) is 0.730. The van der Waals surface area contributed by atoms with E-state index in [-0.39, 0.29) is 0 Å². The van der Waals surface area contributed by atoms with Gasteiger partial charge in [-0.25, -0.2) is 0 Å². The van der Waals surface area contributed by atoms with Crippen LogP contribution in [0.5, 0.6) is 0 Å². The van der Waals surface area contributed by atoms with Gasteiger partial charge in [0.25, 0.3) is 0 Å². The maximum Gasteiger partial charge on any atom is 0.157 e. The number of nitrogen functional groups attached to an aromatic ring is 1. The fourth-order valence-electron chi connectivity index (χ4n) is 1.40. The molecule has 0 fully saturated rings. The van der Waals surface area contributed by atoms with Crippen LogP contribution in [0.25, 0.3) is 11.0 Å². The molecule has 0 bridgehead atoms. The van der Waals surface area contributed by atoms with Crippen LogP contribution in [0, 0.1) is 0 Å². The van der Waals surface area contributed by atoms with Gasteiger partial charge in [0.1, 0.15) is 5.76 Å². The topological polar surface area (TPSA) is 51.2 Å².